The summed E-state index contributed by atoms with van der Waals surface area (Å²) in [5.41, 5.74) is 3.51. The molecule has 0 N–H and O–H groups in total. The monoisotopic (exact) mass is 396 g/mol. The van der Waals surface area contributed by atoms with Crippen LogP contribution in [-0.2, 0) is 20.1 Å². The Labute approximate surface area is 169 Å². The Hall–Kier alpha value is -2.80. The highest BCUT2D eigenvalue weighted by atomic mass is 32.1. The van der Waals surface area contributed by atoms with E-state index in [2.05, 4.69) is 17.0 Å². The van der Waals surface area contributed by atoms with Gasteiger partial charge in [-0.25, -0.2) is 4.68 Å². The molecule has 0 radical (unpaired) electrons. The van der Waals surface area contributed by atoms with E-state index in [-0.39, 0.29) is 0 Å². The highest BCUT2D eigenvalue weighted by molar-refractivity contribution is 7.71. The van der Waals surface area contributed by atoms with Crippen molar-refractivity contribution in [2.24, 2.45) is 7.05 Å². The Bertz CT molecular complexity index is 1060. The predicted octanol–water partition coefficient (Wildman–Crippen LogP) is 4.05. The second-order valence-corrected chi connectivity index (χ2v) is 7.26. The summed E-state index contributed by atoms with van der Waals surface area (Å²) in [7, 11) is 5.32. The summed E-state index contributed by atoms with van der Waals surface area (Å²) in [6, 6.07) is 14.1. The van der Waals surface area contributed by atoms with Crippen molar-refractivity contribution >= 4 is 17.9 Å². The minimum Gasteiger partial charge on any atom is -0.497 e. The summed E-state index contributed by atoms with van der Waals surface area (Å²) in [5, 5.41) is 4.81. The summed E-state index contributed by atoms with van der Waals surface area (Å²) in [6.45, 7) is 1.60. The van der Waals surface area contributed by atoms with E-state index in [1.165, 1.54) is 11.3 Å². The molecular formula is C21H24N4O2S. The van der Waals surface area contributed by atoms with Crippen molar-refractivity contribution in [1.29, 1.82) is 0 Å². The molecular weight excluding hydrogens is 372 g/mol. The first-order valence-electron chi connectivity index (χ1n) is 9.31. The minimum atomic E-state index is 0.621. The van der Waals surface area contributed by atoms with Crippen LogP contribution in [0, 0.1) is 4.77 Å². The van der Waals surface area contributed by atoms with Gasteiger partial charge < -0.3 is 18.9 Å². The van der Waals surface area contributed by atoms with E-state index >= 15 is 0 Å². The van der Waals surface area contributed by atoms with E-state index in [1.54, 1.807) is 14.2 Å². The lowest BCUT2D eigenvalue weighted by Crippen LogP contribution is -2.32. The van der Waals surface area contributed by atoms with E-state index < -0.39 is 0 Å². The number of aromatic nitrogens is 3. The molecule has 0 unspecified atom stereocenters. The summed E-state index contributed by atoms with van der Waals surface area (Å²) in [4.78, 5) is 2.33. The SMILES string of the molecule is COc1cccc(-c2nn(CN3CCCc4cc(OC)ccc43)c(=S)n2C)c1. The molecule has 0 amide bonds. The van der Waals surface area contributed by atoms with E-state index in [0.29, 0.717) is 11.4 Å². The normalized spacial score (nSPS) is 13.3. The van der Waals surface area contributed by atoms with Crippen LogP contribution in [0.5, 0.6) is 11.5 Å². The van der Waals surface area contributed by atoms with Gasteiger partial charge in [-0.15, -0.1) is 5.10 Å². The molecule has 0 bridgehead atoms. The number of aryl methyl sites for hydroxylation is 1. The van der Waals surface area contributed by atoms with Crippen LogP contribution >= 0.6 is 12.2 Å². The van der Waals surface area contributed by atoms with Gasteiger partial charge in [0.25, 0.3) is 0 Å². The van der Waals surface area contributed by atoms with Crippen LogP contribution in [0.25, 0.3) is 11.4 Å². The first-order valence-corrected chi connectivity index (χ1v) is 9.71. The molecule has 146 valence electrons. The fraction of sp³-hybridized carbons (Fsp3) is 0.333. The Morgan fingerprint density at radius 1 is 1.07 bits per heavy atom. The molecule has 7 heteroatoms. The number of nitrogens with zero attached hydrogens (tertiary/aromatic N) is 4. The molecule has 0 saturated carbocycles. The number of benzene rings is 2. The lowest BCUT2D eigenvalue weighted by Gasteiger charge is -2.31. The zero-order valence-electron chi connectivity index (χ0n) is 16.4. The third kappa shape index (κ3) is 3.38. The second-order valence-electron chi connectivity index (χ2n) is 6.90. The number of hydrogen-bond donors (Lipinski definition) is 0. The minimum absolute atomic E-state index is 0.621. The van der Waals surface area contributed by atoms with Crippen molar-refractivity contribution in [2.75, 3.05) is 25.7 Å². The van der Waals surface area contributed by atoms with Gasteiger partial charge in [-0.3, -0.25) is 0 Å². The number of hydrogen-bond acceptors (Lipinski definition) is 5. The summed E-state index contributed by atoms with van der Waals surface area (Å²) < 4.78 is 15.3. The van der Waals surface area contributed by atoms with Crippen molar-refractivity contribution in [3.63, 3.8) is 0 Å². The smallest absolute Gasteiger partial charge is 0.199 e. The topological polar surface area (TPSA) is 44.4 Å². The maximum absolute atomic E-state index is 5.67. The molecule has 1 aliphatic rings. The van der Waals surface area contributed by atoms with Gasteiger partial charge in [0.1, 0.15) is 18.2 Å². The predicted molar refractivity (Wildman–Crippen MR) is 113 cm³/mol. The van der Waals surface area contributed by atoms with E-state index in [9.17, 15) is 0 Å². The maximum Gasteiger partial charge on any atom is 0.199 e. The van der Waals surface area contributed by atoms with Crippen molar-refractivity contribution in [1.82, 2.24) is 14.3 Å². The molecule has 2 heterocycles. The average Bonchev–Trinajstić information content (AvgIpc) is 3.02. The number of fused-ring (bicyclic) bond motifs is 1. The summed E-state index contributed by atoms with van der Waals surface area (Å²) >= 11 is 5.67. The van der Waals surface area contributed by atoms with Crippen molar-refractivity contribution < 1.29 is 9.47 Å². The number of anilines is 1. The van der Waals surface area contributed by atoms with Crippen LogP contribution in [0.1, 0.15) is 12.0 Å². The third-order valence-corrected chi connectivity index (χ3v) is 5.66. The quantitative estimate of drug-likeness (QED) is 0.609. The van der Waals surface area contributed by atoms with Gasteiger partial charge in [0.2, 0.25) is 0 Å². The summed E-state index contributed by atoms with van der Waals surface area (Å²) in [5.74, 6) is 2.53. The first kappa shape index (κ1) is 18.6. The summed E-state index contributed by atoms with van der Waals surface area (Å²) in [6.07, 6.45) is 2.16. The van der Waals surface area contributed by atoms with E-state index in [0.717, 1.165) is 42.3 Å². The van der Waals surface area contributed by atoms with Gasteiger partial charge in [0.15, 0.2) is 10.6 Å². The number of ether oxygens (including phenoxy) is 2. The van der Waals surface area contributed by atoms with E-state index in [4.69, 9.17) is 26.8 Å². The number of rotatable bonds is 5. The fourth-order valence-corrected chi connectivity index (χ4v) is 3.87. The third-order valence-electron chi connectivity index (χ3n) is 5.17. The second kappa shape index (κ2) is 7.67. The Morgan fingerprint density at radius 2 is 1.86 bits per heavy atom. The Balaban J connectivity index is 1.66. The molecule has 0 aliphatic carbocycles. The maximum atomic E-state index is 5.67. The van der Waals surface area contributed by atoms with Crippen LogP contribution in [0.15, 0.2) is 42.5 Å². The van der Waals surface area contributed by atoms with Crippen molar-refractivity contribution in [2.45, 2.75) is 19.5 Å². The zero-order chi connectivity index (χ0) is 19.7. The van der Waals surface area contributed by atoms with Gasteiger partial charge in [-0.05, 0) is 61.0 Å². The molecule has 0 saturated heterocycles. The molecule has 0 fully saturated rings. The van der Waals surface area contributed by atoms with Crippen LogP contribution < -0.4 is 14.4 Å². The van der Waals surface area contributed by atoms with Crippen LogP contribution in [0.4, 0.5) is 5.69 Å². The van der Waals surface area contributed by atoms with Gasteiger partial charge in [0.05, 0.1) is 14.2 Å². The molecule has 0 atom stereocenters. The first-order chi connectivity index (χ1) is 13.6. The van der Waals surface area contributed by atoms with E-state index in [1.807, 2.05) is 46.6 Å². The molecule has 1 aliphatic heterocycles. The molecule has 0 spiro atoms. The van der Waals surface area contributed by atoms with Gasteiger partial charge in [0, 0.05) is 24.8 Å². The van der Waals surface area contributed by atoms with Crippen molar-refractivity contribution in [3.8, 4) is 22.9 Å². The van der Waals surface area contributed by atoms with Gasteiger partial charge >= 0.3 is 0 Å². The molecule has 1 aromatic heterocycles. The highest BCUT2D eigenvalue weighted by Gasteiger charge is 2.19. The largest absolute Gasteiger partial charge is 0.497 e. The van der Waals surface area contributed by atoms with Crippen molar-refractivity contribution in [3.05, 3.63) is 52.8 Å². The lowest BCUT2D eigenvalue weighted by atomic mass is 10.0. The molecule has 2 aromatic carbocycles. The van der Waals surface area contributed by atoms with Crippen LogP contribution in [-0.4, -0.2) is 35.1 Å². The standard InChI is InChI=1S/C21H24N4O2S/c1-23-20(16-6-4-8-17(13-16)26-2)22-25(21(23)28)14-24-11-5-7-15-12-18(27-3)9-10-19(15)24/h4,6,8-10,12-13H,5,7,11,14H2,1-3H3. The van der Waals surface area contributed by atoms with Gasteiger partial charge in [-0.2, -0.15) is 0 Å². The molecule has 3 aromatic rings. The molecule has 28 heavy (non-hydrogen) atoms. The Morgan fingerprint density at radius 3 is 2.64 bits per heavy atom. The fourth-order valence-electron chi connectivity index (χ4n) is 3.68. The lowest BCUT2D eigenvalue weighted by molar-refractivity contribution is 0.413. The van der Waals surface area contributed by atoms with Crippen LogP contribution in [0.3, 0.4) is 0 Å². The zero-order valence-corrected chi connectivity index (χ0v) is 17.2. The molecule has 4 rings (SSSR count). The highest BCUT2D eigenvalue weighted by Crippen LogP contribution is 2.31. The molecule has 6 nitrogen and oxygen atoms in total. The number of methoxy groups -OCH3 is 2. The Kier molecular flexibility index (Phi) is 5.09. The van der Waals surface area contributed by atoms with Gasteiger partial charge in [-0.1, -0.05) is 12.1 Å². The average molecular weight is 397 g/mol. The van der Waals surface area contributed by atoms with Crippen LogP contribution in [0.2, 0.25) is 0 Å².